The molecule has 2 saturated heterocycles. The Morgan fingerprint density at radius 2 is 1.61 bits per heavy atom. The number of nitrogens with zero attached hydrogens (tertiary/aromatic N) is 2. The molecule has 0 bridgehead atoms. The van der Waals surface area contributed by atoms with Gasteiger partial charge in [-0.3, -0.25) is 29.0 Å². The number of allylic oxidation sites excluding steroid dienone is 2. The lowest BCUT2D eigenvalue weighted by atomic mass is 9.56. The third-order valence-electron chi connectivity index (χ3n) is 9.46. The second-order valence-electron chi connectivity index (χ2n) is 11.5. The number of carbonyl (C=O) groups is 4. The summed E-state index contributed by atoms with van der Waals surface area (Å²) in [6, 6.07) is 10.9. The summed E-state index contributed by atoms with van der Waals surface area (Å²) >= 11 is 17.8. The highest BCUT2D eigenvalue weighted by Gasteiger charge is 2.76. The summed E-state index contributed by atoms with van der Waals surface area (Å²) < 4.78 is 0. The molecular formula is C31H29BrCl2N2O5. The van der Waals surface area contributed by atoms with E-state index in [1.54, 1.807) is 38.1 Å². The van der Waals surface area contributed by atoms with Crippen molar-refractivity contribution >= 4 is 68.4 Å². The summed E-state index contributed by atoms with van der Waals surface area (Å²) in [5, 5.41) is 10.5. The van der Waals surface area contributed by atoms with Gasteiger partial charge in [-0.25, -0.2) is 0 Å². The van der Waals surface area contributed by atoms with E-state index in [9.17, 15) is 24.3 Å². The van der Waals surface area contributed by atoms with Crippen molar-refractivity contribution in [1.82, 2.24) is 4.90 Å². The van der Waals surface area contributed by atoms with E-state index < -0.39 is 45.2 Å². The van der Waals surface area contributed by atoms with Crippen molar-refractivity contribution in [3.63, 3.8) is 0 Å². The summed E-state index contributed by atoms with van der Waals surface area (Å²) in [6.45, 7) is 5.53. The molecule has 3 fully saturated rings. The average Bonchev–Trinajstić information content (AvgIpc) is 3.29. The van der Waals surface area contributed by atoms with E-state index in [2.05, 4.69) is 15.9 Å². The zero-order valence-corrected chi connectivity index (χ0v) is 25.9. The summed E-state index contributed by atoms with van der Waals surface area (Å²) in [4.78, 5) is 54.0. The number of aryl methyl sites for hydroxylation is 3. The number of phenols is 1. The van der Waals surface area contributed by atoms with Crippen LogP contribution in [0.25, 0.3) is 0 Å². The molecule has 0 radical (unpaired) electrons. The number of phenolic OH excluding ortho intramolecular Hbond substituents is 1. The van der Waals surface area contributed by atoms with Crippen LogP contribution in [-0.2, 0) is 25.6 Å². The summed E-state index contributed by atoms with van der Waals surface area (Å²) in [5.74, 6) is -4.57. The van der Waals surface area contributed by atoms with Crippen LogP contribution in [-0.4, -0.2) is 48.8 Å². The molecule has 1 saturated carbocycles. The summed E-state index contributed by atoms with van der Waals surface area (Å²) in [5.41, 5.74) is 4.03. The second kappa shape index (κ2) is 9.68. The van der Waals surface area contributed by atoms with Gasteiger partial charge in [-0.05, 0) is 73.4 Å². The maximum atomic E-state index is 14.1. The van der Waals surface area contributed by atoms with Gasteiger partial charge in [0.25, 0.3) is 11.8 Å². The van der Waals surface area contributed by atoms with Gasteiger partial charge >= 0.3 is 0 Å². The van der Waals surface area contributed by atoms with Crippen molar-refractivity contribution in [2.75, 3.05) is 10.4 Å². The molecular weight excluding hydrogens is 631 g/mol. The molecule has 2 aliphatic heterocycles. The first-order valence-electron chi connectivity index (χ1n) is 13.7. The van der Waals surface area contributed by atoms with Gasteiger partial charge in [-0.15, -0.1) is 23.2 Å². The van der Waals surface area contributed by atoms with Crippen molar-refractivity contribution in [2.24, 2.45) is 17.8 Å². The molecule has 0 unspecified atom stereocenters. The number of anilines is 1. The van der Waals surface area contributed by atoms with Crippen molar-refractivity contribution in [3.8, 4) is 5.75 Å². The molecule has 2 heterocycles. The Labute approximate surface area is 256 Å². The number of carbonyl (C=O) groups excluding carboxylic acids is 4. The van der Waals surface area contributed by atoms with Gasteiger partial charge in [-0.2, -0.15) is 0 Å². The third kappa shape index (κ3) is 3.69. The minimum atomic E-state index is -1.87. The minimum Gasteiger partial charge on any atom is -0.507 e. The zero-order chi connectivity index (χ0) is 29.6. The first-order valence-corrected chi connectivity index (χ1v) is 15.5. The fourth-order valence-electron chi connectivity index (χ4n) is 7.42. The normalized spacial score (nSPS) is 32.7. The van der Waals surface area contributed by atoms with E-state index in [0.29, 0.717) is 28.8 Å². The molecule has 4 amide bonds. The Hall–Kier alpha value is -2.68. The first-order chi connectivity index (χ1) is 19.4. The lowest BCUT2D eigenvalue weighted by Gasteiger charge is -2.51. The minimum absolute atomic E-state index is 0.0622. The number of aromatic hydroxyl groups is 1. The molecule has 2 aromatic rings. The molecule has 10 heteroatoms. The molecule has 0 aromatic heterocycles. The topological polar surface area (TPSA) is 95.0 Å². The molecule has 4 aliphatic rings. The van der Waals surface area contributed by atoms with Crippen LogP contribution in [0.3, 0.4) is 0 Å². The molecule has 6 rings (SSSR count). The largest absolute Gasteiger partial charge is 0.507 e. The van der Waals surface area contributed by atoms with E-state index in [-0.39, 0.29) is 29.4 Å². The van der Waals surface area contributed by atoms with E-state index in [0.717, 1.165) is 22.5 Å². The van der Waals surface area contributed by atoms with Gasteiger partial charge in [0.1, 0.15) is 5.75 Å². The number of imide groups is 2. The smallest absolute Gasteiger partial charge is 0.254 e. The van der Waals surface area contributed by atoms with Crippen LogP contribution in [0.1, 0.15) is 47.9 Å². The van der Waals surface area contributed by atoms with Crippen LogP contribution < -0.4 is 4.90 Å². The Kier molecular flexibility index (Phi) is 6.71. The molecule has 214 valence electrons. The fourth-order valence-corrected chi connectivity index (χ4v) is 8.84. The van der Waals surface area contributed by atoms with Gasteiger partial charge in [0.2, 0.25) is 11.8 Å². The monoisotopic (exact) mass is 658 g/mol. The number of hydrogen-bond acceptors (Lipinski definition) is 5. The van der Waals surface area contributed by atoms with Crippen LogP contribution >= 0.6 is 39.1 Å². The average molecular weight is 660 g/mol. The summed E-state index contributed by atoms with van der Waals surface area (Å²) in [6.07, 6.45) is 2.98. The number of amides is 4. The molecule has 6 atom stereocenters. The van der Waals surface area contributed by atoms with Crippen molar-refractivity contribution < 1.29 is 24.3 Å². The Bertz CT molecular complexity index is 1530. The number of fused-ring (bicyclic) bond motifs is 4. The van der Waals surface area contributed by atoms with E-state index in [1.165, 1.54) is 4.90 Å². The number of rotatable bonds is 4. The van der Waals surface area contributed by atoms with Gasteiger partial charge in [0.15, 0.2) is 9.75 Å². The lowest BCUT2D eigenvalue weighted by Crippen LogP contribution is -2.60. The van der Waals surface area contributed by atoms with E-state index in [4.69, 9.17) is 23.2 Å². The Balaban J connectivity index is 1.51. The Morgan fingerprint density at radius 1 is 0.976 bits per heavy atom. The standard InChI is InChI=1S/C31H29BrCl2N2O5/c1-4-17-5-7-19(8-6-17)36-26(38)21-10-9-20-22(23(21)27(36)39)13-30(33)28(40)35(14-32)29(41)31(30,34)24(20)18-11-15(2)25(37)16(3)12-18/h5-9,11-12,21-24,37H,4,10,13-14H2,1-3H3/t21-,22+,23-,24-,30+,31-/m0/s1. The number of halogens is 3. The van der Waals surface area contributed by atoms with Crippen molar-refractivity contribution in [1.29, 1.82) is 0 Å². The highest BCUT2D eigenvalue weighted by atomic mass is 79.9. The van der Waals surface area contributed by atoms with Crippen LogP contribution in [0.5, 0.6) is 5.75 Å². The number of likely N-dealkylation sites (tertiary alicyclic amines) is 1. The quantitative estimate of drug-likeness (QED) is 0.203. The van der Waals surface area contributed by atoms with Gasteiger partial charge in [0.05, 0.1) is 23.0 Å². The molecule has 41 heavy (non-hydrogen) atoms. The van der Waals surface area contributed by atoms with Crippen LogP contribution in [0.15, 0.2) is 48.0 Å². The zero-order valence-electron chi connectivity index (χ0n) is 22.8. The highest BCUT2D eigenvalue weighted by molar-refractivity contribution is 9.09. The number of alkyl halides is 3. The molecule has 7 nitrogen and oxygen atoms in total. The molecule has 1 N–H and O–H groups in total. The summed E-state index contributed by atoms with van der Waals surface area (Å²) in [7, 11) is 0. The van der Waals surface area contributed by atoms with Crippen LogP contribution in [0, 0.1) is 31.6 Å². The van der Waals surface area contributed by atoms with Gasteiger partial charge in [0, 0.05) is 5.92 Å². The van der Waals surface area contributed by atoms with Crippen molar-refractivity contribution in [2.45, 2.75) is 55.7 Å². The fraction of sp³-hybridized carbons (Fsp3) is 0.419. The Morgan fingerprint density at radius 3 is 2.20 bits per heavy atom. The van der Waals surface area contributed by atoms with E-state index >= 15 is 0 Å². The maximum Gasteiger partial charge on any atom is 0.254 e. The molecule has 0 spiro atoms. The van der Waals surface area contributed by atoms with Crippen LogP contribution in [0.2, 0.25) is 0 Å². The third-order valence-corrected chi connectivity index (χ3v) is 11.4. The molecule has 2 aliphatic carbocycles. The van der Waals surface area contributed by atoms with Crippen molar-refractivity contribution in [3.05, 3.63) is 70.3 Å². The van der Waals surface area contributed by atoms with Gasteiger partial charge < -0.3 is 5.11 Å². The predicted molar refractivity (Wildman–Crippen MR) is 159 cm³/mol. The first kappa shape index (κ1) is 28.4. The van der Waals surface area contributed by atoms with Crippen LogP contribution in [0.4, 0.5) is 5.69 Å². The number of hydrogen-bond donors (Lipinski definition) is 1. The number of benzene rings is 2. The molecule has 2 aromatic carbocycles. The second-order valence-corrected chi connectivity index (χ2v) is 13.3. The predicted octanol–water partition coefficient (Wildman–Crippen LogP) is 5.49. The van der Waals surface area contributed by atoms with E-state index in [1.807, 2.05) is 25.1 Å². The maximum absolute atomic E-state index is 14.1. The lowest BCUT2D eigenvalue weighted by molar-refractivity contribution is -0.138. The highest BCUT2D eigenvalue weighted by Crippen LogP contribution is 2.65. The van der Waals surface area contributed by atoms with Gasteiger partial charge in [-0.1, -0.05) is 58.8 Å². The SMILES string of the molecule is CCc1ccc(N2C(=O)[C@H]3[C@H](CC=C4[C@H]3C[C@@]3(Cl)C(=O)N(CBr)C(=O)[C@@]3(Cl)[C@H]4c3cc(C)c(O)c(C)c3)C2=O)cc1.